The first-order chi connectivity index (χ1) is 9.22. The van der Waals surface area contributed by atoms with Crippen LogP contribution in [0.2, 0.25) is 0 Å². The summed E-state index contributed by atoms with van der Waals surface area (Å²) in [6.07, 6.45) is 3.62. The number of nitrogen functional groups attached to an aromatic ring is 1. The minimum absolute atomic E-state index is 0.701. The zero-order chi connectivity index (χ0) is 13.4. The average Bonchev–Trinajstić information content (AvgIpc) is 2.81. The van der Waals surface area contributed by atoms with E-state index in [1.807, 2.05) is 37.4 Å². The van der Waals surface area contributed by atoms with Crippen LogP contribution in [0.15, 0.2) is 36.7 Å². The fraction of sp³-hybridized carbons (Fsp3) is 0.133. The number of nitrogens with one attached hydrogen (secondary N) is 1. The predicted octanol–water partition coefficient (Wildman–Crippen LogP) is 3.13. The number of aryl methyl sites for hydroxylation is 1. The number of nitrogens with two attached hydrogens (primary N) is 1. The van der Waals surface area contributed by atoms with E-state index in [0.717, 1.165) is 33.5 Å². The maximum absolute atomic E-state index is 6.06. The van der Waals surface area contributed by atoms with Crippen LogP contribution >= 0.6 is 0 Å². The van der Waals surface area contributed by atoms with Gasteiger partial charge in [-0.25, -0.2) is 4.98 Å². The second kappa shape index (κ2) is 4.31. The first-order valence-electron chi connectivity index (χ1n) is 6.08. The molecule has 0 atom stereocenters. The molecule has 96 valence electrons. The van der Waals surface area contributed by atoms with Crippen molar-refractivity contribution in [2.45, 2.75) is 6.92 Å². The summed E-state index contributed by atoms with van der Waals surface area (Å²) in [5.74, 6) is 0.832. The summed E-state index contributed by atoms with van der Waals surface area (Å²) in [5.41, 5.74) is 10.7. The highest BCUT2D eigenvalue weighted by molar-refractivity contribution is 6.03. The first kappa shape index (κ1) is 11.6. The van der Waals surface area contributed by atoms with E-state index in [1.54, 1.807) is 13.3 Å². The lowest BCUT2D eigenvalue weighted by atomic mass is 9.98. The molecule has 0 saturated carbocycles. The molecular weight excluding hydrogens is 238 g/mol. The lowest BCUT2D eigenvalue weighted by molar-refractivity contribution is 0.416. The van der Waals surface area contributed by atoms with Gasteiger partial charge in [0.1, 0.15) is 11.4 Å². The van der Waals surface area contributed by atoms with Gasteiger partial charge in [-0.3, -0.25) is 0 Å². The number of ether oxygens (including phenoxy) is 1. The van der Waals surface area contributed by atoms with E-state index in [-0.39, 0.29) is 0 Å². The Labute approximate surface area is 111 Å². The van der Waals surface area contributed by atoms with Gasteiger partial charge >= 0.3 is 0 Å². The van der Waals surface area contributed by atoms with Crippen LogP contribution in [0.25, 0.3) is 22.2 Å². The molecule has 0 fully saturated rings. The van der Waals surface area contributed by atoms with Crippen molar-refractivity contribution in [3.8, 4) is 16.9 Å². The smallest absolute Gasteiger partial charge is 0.140 e. The van der Waals surface area contributed by atoms with Crippen LogP contribution < -0.4 is 10.5 Å². The Kier molecular flexibility index (Phi) is 2.63. The Balaban J connectivity index is 2.41. The van der Waals surface area contributed by atoms with Crippen LogP contribution in [0.1, 0.15) is 5.56 Å². The number of nitrogens with zero attached hydrogens (tertiary/aromatic N) is 1. The van der Waals surface area contributed by atoms with Crippen molar-refractivity contribution in [2.75, 3.05) is 12.8 Å². The van der Waals surface area contributed by atoms with Crippen LogP contribution in [0.5, 0.6) is 5.75 Å². The van der Waals surface area contributed by atoms with Crippen molar-refractivity contribution < 1.29 is 4.74 Å². The Morgan fingerprint density at radius 3 is 2.84 bits per heavy atom. The van der Waals surface area contributed by atoms with Crippen molar-refractivity contribution in [1.82, 2.24) is 9.97 Å². The van der Waals surface area contributed by atoms with E-state index in [0.29, 0.717) is 5.69 Å². The summed E-state index contributed by atoms with van der Waals surface area (Å²) in [7, 11) is 1.67. The molecule has 3 rings (SSSR count). The molecular formula is C15H15N3O. The Morgan fingerprint density at radius 2 is 2.05 bits per heavy atom. The summed E-state index contributed by atoms with van der Waals surface area (Å²) in [6, 6.07) is 7.93. The molecule has 0 saturated heterocycles. The van der Waals surface area contributed by atoms with Crippen molar-refractivity contribution >= 4 is 16.7 Å². The van der Waals surface area contributed by atoms with Gasteiger partial charge in [0.05, 0.1) is 12.8 Å². The first-order valence-corrected chi connectivity index (χ1v) is 6.08. The van der Waals surface area contributed by atoms with Crippen molar-refractivity contribution in [3.63, 3.8) is 0 Å². The number of benzene rings is 1. The van der Waals surface area contributed by atoms with E-state index in [1.165, 1.54) is 0 Å². The molecule has 3 N–H and O–H groups in total. The topological polar surface area (TPSA) is 63.9 Å². The highest BCUT2D eigenvalue weighted by atomic mass is 16.5. The van der Waals surface area contributed by atoms with Gasteiger partial charge in [-0.15, -0.1) is 0 Å². The lowest BCUT2D eigenvalue weighted by Crippen LogP contribution is -1.93. The van der Waals surface area contributed by atoms with Gasteiger partial charge in [0.25, 0.3) is 0 Å². The van der Waals surface area contributed by atoms with Gasteiger partial charge in [0.15, 0.2) is 0 Å². The monoisotopic (exact) mass is 253 g/mol. The summed E-state index contributed by atoms with van der Waals surface area (Å²) in [4.78, 5) is 7.45. The van der Waals surface area contributed by atoms with Gasteiger partial charge < -0.3 is 15.5 Å². The van der Waals surface area contributed by atoms with E-state index < -0.39 is 0 Å². The van der Waals surface area contributed by atoms with Crippen LogP contribution in [0.3, 0.4) is 0 Å². The minimum Gasteiger partial charge on any atom is -0.496 e. The number of hydrogen-bond donors (Lipinski definition) is 2. The fourth-order valence-electron chi connectivity index (χ4n) is 2.41. The van der Waals surface area contributed by atoms with Crippen molar-refractivity contribution in [2.24, 2.45) is 0 Å². The normalized spacial score (nSPS) is 10.8. The zero-order valence-corrected chi connectivity index (χ0v) is 10.9. The van der Waals surface area contributed by atoms with Gasteiger partial charge in [0.2, 0.25) is 0 Å². The van der Waals surface area contributed by atoms with Gasteiger partial charge in [-0.2, -0.15) is 0 Å². The van der Waals surface area contributed by atoms with Crippen LogP contribution in [0.4, 0.5) is 5.69 Å². The number of aromatic nitrogens is 2. The van der Waals surface area contributed by atoms with Crippen LogP contribution in [-0.4, -0.2) is 17.1 Å². The lowest BCUT2D eigenvalue weighted by Gasteiger charge is -2.12. The molecule has 4 nitrogen and oxygen atoms in total. The molecule has 3 aromatic rings. The second-order valence-electron chi connectivity index (χ2n) is 4.48. The molecule has 2 heterocycles. The molecule has 0 unspecified atom stereocenters. The largest absolute Gasteiger partial charge is 0.496 e. The number of fused-ring (bicyclic) bond motifs is 1. The Hall–Kier alpha value is -2.49. The van der Waals surface area contributed by atoms with Crippen molar-refractivity contribution in [3.05, 3.63) is 42.2 Å². The summed E-state index contributed by atoms with van der Waals surface area (Å²) in [6.45, 7) is 2.03. The van der Waals surface area contributed by atoms with Crippen molar-refractivity contribution in [1.29, 1.82) is 0 Å². The van der Waals surface area contributed by atoms with E-state index in [4.69, 9.17) is 10.5 Å². The number of aromatic amines is 1. The van der Waals surface area contributed by atoms with E-state index in [2.05, 4.69) is 9.97 Å². The third-order valence-corrected chi connectivity index (χ3v) is 3.30. The number of H-pyrrole nitrogens is 1. The molecule has 0 aliphatic rings. The Bertz CT molecular complexity index is 746. The maximum Gasteiger partial charge on any atom is 0.140 e. The van der Waals surface area contributed by atoms with Gasteiger partial charge in [-0.1, -0.05) is 18.2 Å². The van der Waals surface area contributed by atoms with E-state index in [9.17, 15) is 0 Å². The second-order valence-corrected chi connectivity index (χ2v) is 4.48. The molecule has 0 bridgehead atoms. The number of pyridine rings is 1. The Morgan fingerprint density at radius 1 is 1.26 bits per heavy atom. The van der Waals surface area contributed by atoms with Gasteiger partial charge in [0, 0.05) is 28.9 Å². The fourth-order valence-corrected chi connectivity index (χ4v) is 2.41. The number of para-hydroxylation sites is 1. The molecule has 0 spiro atoms. The SMILES string of the molecule is COc1ccccc1-c1c(C)cnc2[nH]cc(N)c12. The molecule has 0 radical (unpaired) electrons. The maximum atomic E-state index is 6.06. The van der Waals surface area contributed by atoms with E-state index >= 15 is 0 Å². The minimum atomic E-state index is 0.701. The summed E-state index contributed by atoms with van der Waals surface area (Å²) < 4.78 is 5.45. The van der Waals surface area contributed by atoms with Gasteiger partial charge in [-0.05, 0) is 18.6 Å². The molecule has 4 heteroatoms. The summed E-state index contributed by atoms with van der Waals surface area (Å²) >= 11 is 0. The van der Waals surface area contributed by atoms with Crippen LogP contribution in [-0.2, 0) is 0 Å². The summed E-state index contributed by atoms with van der Waals surface area (Å²) in [5, 5.41) is 0.949. The zero-order valence-electron chi connectivity index (χ0n) is 10.9. The number of methoxy groups -OCH3 is 1. The molecule has 0 aliphatic heterocycles. The molecule has 0 amide bonds. The molecule has 2 aromatic heterocycles. The van der Waals surface area contributed by atoms with Crippen LogP contribution in [0, 0.1) is 6.92 Å². The third kappa shape index (κ3) is 1.73. The molecule has 19 heavy (non-hydrogen) atoms. The third-order valence-electron chi connectivity index (χ3n) is 3.30. The molecule has 0 aliphatic carbocycles. The highest BCUT2D eigenvalue weighted by Crippen LogP contribution is 2.38. The average molecular weight is 253 g/mol. The molecule has 1 aromatic carbocycles. The number of anilines is 1. The number of hydrogen-bond acceptors (Lipinski definition) is 3. The predicted molar refractivity (Wildman–Crippen MR) is 77.2 cm³/mol. The quantitative estimate of drug-likeness (QED) is 0.737. The standard InChI is InChI=1S/C15H15N3O/c1-9-7-17-15-14(11(16)8-18-15)13(9)10-5-3-4-6-12(10)19-2/h3-8H,16H2,1-2H3,(H,17,18). The highest BCUT2D eigenvalue weighted by Gasteiger charge is 2.15. The number of rotatable bonds is 2.